The first kappa shape index (κ1) is 21.2. The van der Waals surface area contributed by atoms with E-state index in [1.807, 2.05) is 6.92 Å². The summed E-state index contributed by atoms with van der Waals surface area (Å²) in [6.45, 7) is 9.24. The maximum atomic E-state index is 6.09. The highest BCUT2D eigenvalue weighted by atomic mass is 16.5. The smallest absolute Gasteiger partial charge is 0.336 e. The van der Waals surface area contributed by atoms with E-state index >= 15 is 0 Å². The third-order valence-electron chi connectivity index (χ3n) is 5.34. The number of imidazole rings is 1. The topological polar surface area (TPSA) is 103 Å². The van der Waals surface area contributed by atoms with E-state index in [4.69, 9.17) is 15.2 Å². The van der Waals surface area contributed by atoms with Crippen molar-refractivity contribution in [1.29, 1.82) is 0 Å². The fourth-order valence-corrected chi connectivity index (χ4v) is 3.73. The van der Waals surface area contributed by atoms with Crippen LogP contribution in [0.4, 0.5) is 11.5 Å². The number of aromatic nitrogens is 4. The van der Waals surface area contributed by atoms with Crippen LogP contribution in [-0.4, -0.2) is 59.0 Å². The summed E-state index contributed by atoms with van der Waals surface area (Å²) in [6.07, 6.45) is 4.42. The Balaban J connectivity index is 1.59. The quantitative estimate of drug-likeness (QED) is 0.504. The molecule has 1 aromatic carbocycles. The zero-order valence-corrected chi connectivity index (χ0v) is 18.3. The van der Waals surface area contributed by atoms with Crippen LogP contribution in [0.15, 0.2) is 24.4 Å². The van der Waals surface area contributed by atoms with Crippen LogP contribution in [-0.2, 0) is 6.42 Å². The molecule has 0 spiro atoms. The number of hydrogen-bond acceptors (Lipinski definition) is 8. The van der Waals surface area contributed by atoms with E-state index in [-0.39, 0.29) is 6.01 Å². The summed E-state index contributed by atoms with van der Waals surface area (Å²) in [5.41, 5.74) is 9.81. The number of unbranched alkanes of at least 4 members (excludes halogenated alkanes) is 1. The fourth-order valence-electron chi connectivity index (χ4n) is 3.73. The van der Waals surface area contributed by atoms with Crippen molar-refractivity contribution in [3.05, 3.63) is 35.7 Å². The second-order valence-electron chi connectivity index (χ2n) is 7.62. The summed E-state index contributed by atoms with van der Waals surface area (Å²) in [6, 6.07) is 6.69. The number of ether oxygens (including phenoxy) is 2. The number of piperazine rings is 1. The zero-order chi connectivity index (χ0) is 21.6. The van der Waals surface area contributed by atoms with Crippen LogP contribution in [0.25, 0.3) is 5.65 Å². The van der Waals surface area contributed by atoms with Crippen molar-refractivity contribution in [2.45, 2.75) is 33.1 Å². The molecule has 0 saturated carbocycles. The number of nitrogens with zero attached hydrogens (tertiary/aromatic N) is 5. The van der Waals surface area contributed by atoms with Gasteiger partial charge in [0.05, 0.1) is 30.8 Å². The standard InChI is InChI=1S/C22H31N7O2/c1-3-5-12-31-22-26-20(23)21-25-15-17(29(21)27-22)13-16-6-7-18(19(14-16)30-4-2)28-10-8-24-9-11-28/h6-7,14-15,24H,3-5,8-13H2,1-2H3,(H2,23,26,27). The molecule has 0 unspecified atom stereocenters. The molecule has 1 fully saturated rings. The number of nitrogens with two attached hydrogens (primary N) is 1. The summed E-state index contributed by atoms with van der Waals surface area (Å²) in [7, 11) is 0. The van der Waals surface area contributed by atoms with E-state index < -0.39 is 0 Å². The Bertz CT molecular complexity index is 1010. The molecule has 1 saturated heterocycles. The molecule has 166 valence electrons. The van der Waals surface area contributed by atoms with Crippen molar-refractivity contribution < 1.29 is 9.47 Å². The van der Waals surface area contributed by atoms with Gasteiger partial charge in [-0.05, 0) is 31.0 Å². The van der Waals surface area contributed by atoms with Crippen LogP contribution >= 0.6 is 0 Å². The molecular formula is C22H31N7O2. The lowest BCUT2D eigenvalue weighted by atomic mass is 10.1. The predicted molar refractivity (Wildman–Crippen MR) is 121 cm³/mol. The Labute approximate surface area is 182 Å². The lowest BCUT2D eigenvalue weighted by Gasteiger charge is -2.31. The van der Waals surface area contributed by atoms with Gasteiger partial charge in [-0.3, -0.25) is 0 Å². The van der Waals surface area contributed by atoms with Crippen LogP contribution in [0.1, 0.15) is 37.9 Å². The Kier molecular flexibility index (Phi) is 6.71. The average Bonchev–Trinajstić information content (AvgIpc) is 3.18. The summed E-state index contributed by atoms with van der Waals surface area (Å²) < 4.78 is 13.4. The van der Waals surface area contributed by atoms with Gasteiger partial charge in [0.15, 0.2) is 11.5 Å². The van der Waals surface area contributed by atoms with Gasteiger partial charge in [-0.25, -0.2) is 9.50 Å². The monoisotopic (exact) mass is 425 g/mol. The van der Waals surface area contributed by atoms with Crippen LogP contribution in [0, 0.1) is 0 Å². The highest BCUT2D eigenvalue weighted by Crippen LogP contribution is 2.31. The van der Waals surface area contributed by atoms with Gasteiger partial charge >= 0.3 is 6.01 Å². The minimum absolute atomic E-state index is 0.279. The first-order chi connectivity index (χ1) is 15.2. The number of nitrogen functional groups attached to an aromatic ring is 1. The molecule has 0 aliphatic carbocycles. The molecule has 0 radical (unpaired) electrons. The summed E-state index contributed by atoms with van der Waals surface area (Å²) in [5.74, 6) is 1.23. The molecule has 1 aliphatic heterocycles. The van der Waals surface area contributed by atoms with Gasteiger partial charge in [0.2, 0.25) is 0 Å². The molecule has 3 N–H and O–H groups in total. The highest BCUT2D eigenvalue weighted by Gasteiger charge is 2.17. The van der Waals surface area contributed by atoms with Crippen molar-refractivity contribution in [1.82, 2.24) is 24.9 Å². The van der Waals surface area contributed by atoms with E-state index in [1.54, 1.807) is 10.7 Å². The van der Waals surface area contributed by atoms with E-state index in [0.717, 1.165) is 61.7 Å². The Morgan fingerprint density at radius 1 is 1.16 bits per heavy atom. The average molecular weight is 426 g/mol. The van der Waals surface area contributed by atoms with Crippen LogP contribution in [0.2, 0.25) is 0 Å². The second kappa shape index (κ2) is 9.82. The maximum Gasteiger partial charge on any atom is 0.336 e. The Morgan fingerprint density at radius 3 is 2.77 bits per heavy atom. The second-order valence-corrected chi connectivity index (χ2v) is 7.62. The third kappa shape index (κ3) is 4.82. The fraction of sp³-hybridized carbons (Fsp3) is 0.500. The van der Waals surface area contributed by atoms with E-state index in [1.165, 1.54) is 0 Å². The summed E-state index contributed by atoms with van der Waals surface area (Å²) in [5, 5.41) is 7.90. The van der Waals surface area contributed by atoms with E-state index in [0.29, 0.717) is 31.1 Å². The lowest BCUT2D eigenvalue weighted by Crippen LogP contribution is -2.43. The van der Waals surface area contributed by atoms with Crippen molar-refractivity contribution in [3.8, 4) is 11.8 Å². The van der Waals surface area contributed by atoms with Crippen LogP contribution in [0.5, 0.6) is 11.8 Å². The van der Waals surface area contributed by atoms with Gasteiger partial charge in [0.25, 0.3) is 0 Å². The first-order valence-corrected chi connectivity index (χ1v) is 11.0. The first-order valence-electron chi connectivity index (χ1n) is 11.0. The summed E-state index contributed by atoms with van der Waals surface area (Å²) in [4.78, 5) is 11.0. The molecule has 0 atom stereocenters. The molecule has 3 aromatic rings. The van der Waals surface area contributed by atoms with Crippen LogP contribution in [0.3, 0.4) is 0 Å². The van der Waals surface area contributed by atoms with Gasteiger partial charge in [0, 0.05) is 32.6 Å². The zero-order valence-electron chi connectivity index (χ0n) is 18.3. The van der Waals surface area contributed by atoms with Crippen LogP contribution < -0.4 is 25.4 Å². The van der Waals surface area contributed by atoms with Crippen molar-refractivity contribution in [2.75, 3.05) is 50.0 Å². The van der Waals surface area contributed by atoms with Crippen molar-refractivity contribution in [3.63, 3.8) is 0 Å². The highest BCUT2D eigenvalue weighted by molar-refractivity contribution is 5.62. The molecule has 9 heteroatoms. The predicted octanol–water partition coefficient (Wildman–Crippen LogP) is 2.28. The minimum Gasteiger partial charge on any atom is -0.492 e. The number of hydrogen-bond donors (Lipinski definition) is 2. The lowest BCUT2D eigenvalue weighted by molar-refractivity contribution is 0.280. The molecule has 2 aromatic heterocycles. The number of fused-ring (bicyclic) bond motifs is 1. The van der Waals surface area contributed by atoms with Gasteiger partial charge < -0.3 is 25.4 Å². The summed E-state index contributed by atoms with van der Waals surface area (Å²) >= 11 is 0. The van der Waals surface area contributed by atoms with Gasteiger partial charge in [-0.15, -0.1) is 5.10 Å². The Hall–Kier alpha value is -3.07. The molecular weight excluding hydrogens is 394 g/mol. The number of benzene rings is 1. The van der Waals surface area contributed by atoms with E-state index in [9.17, 15) is 0 Å². The molecule has 9 nitrogen and oxygen atoms in total. The molecule has 0 amide bonds. The molecule has 3 heterocycles. The number of anilines is 2. The van der Waals surface area contributed by atoms with E-state index in [2.05, 4.69) is 50.4 Å². The van der Waals surface area contributed by atoms with Gasteiger partial charge in [-0.2, -0.15) is 4.98 Å². The van der Waals surface area contributed by atoms with Gasteiger partial charge in [-0.1, -0.05) is 19.4 Å². The van der Waals surface area contributed by atoms with Crippen molar-refractivity contribution >= 4 is 17.2 Å². The normalized spacial score (nSPS) is 14.2. The number of rotatable bonds is 9. The largest absolute Gasteiger partial charge is 0.492 e. The maximum absolute atomic E-state index is 6.09. The molecule has 4 rings (SSSR count). The molecule has 31 heavy (non-hydrogen) atoms. The number of nitrogens with one attached hydrogen (secondary N) is 1. The minimum atomic E-state index is 0.279. The molecule has 0 bridgehead atoms. The third-order valence-corrected chi connectivity index (χ3v) is 5.34. The van der Waals surface area contributed by atoms with Crippen molar-refractivity contribution in [2.24, 2.45) is 0 Å². The van der Waals surface area contributed by atoms with Gasteiger partial charge in [0.1, 0.15) is 5.75 Å². The molecule has 1 aliphatic rings. The Morgan fingerprint density at radius 2 is 2.00 bits per heavy atom. The SMILES string of the molecule is CCCCOc1nc(N)c2ncc(Cc3ccc(N4CCNCC4)c(OCC)c3)n2n1.